The summed E-state index contributed by atoms with van der Waals surface area (Å²) in [7, 11) is 1.90. The predicted octanol–water partition coefficient (Wildman–Crippen LogP) is 3.57. The van der Waals surface area contributed by atoms with E-state index in [1.807, 2.05) is 25.2 Å². The maximum Gasteiger partial charge on any atom is 0.259 e. The third-order valence-electron chi connectivity index (χ3n) is 2.61. The van der Waals surface area contributed by atoms with Gasteiger partial charge < -0.3 is 9.84 Å². The smallest absolute Gasteiger partial charge is 0.259 e. The molecule has 0 saturated carbocycles. The maximum atomic E-state index is 6.13. The van der Waals surface area contributed by atoms with Crippen LogP contribution in [0.4, 0.5) is 0 Å². The highest BCUT2D eigenvalue weighted by atomic mass is 127. The molecule has 2 aromatic rings. The van der Waals surface area contributed by atoms with Gasteiger partial charge in [0.1, 0.15) is 0 Å². The first kappa shape index (κ1) is 16.7. The fourth-order valence-corrected chi connectivity index (χ4v) is 2.17. The lowest BCUT2D eigenvalue weighted by atomic mass is 10.2. The van der Waals surface area contributed by atoms with Crippen molar-refractivity contribution in [1.82, 2.24) is 15.5 Å². The molecule has 0 aliphatic carbocycles. The Labute approximate surface area is 136 Å². The van der Waals surface area contributed by atoms with Crippen LogP contribution in [0.3, 0.4) is 0 Å². The molecule has 7 heteroatoms. The molecule has 1 unspecified atom stereocenters. The molecule has 4 nitrogen and oxygen atoms in total. The van der Waals surface area contributed by atoms with Crippen molar-refractivity contribution in [3.05, 3.63) is 32.6 Å². The molecule has 104 valence electrons. The van der Waals surface area contributed by atoms with Gasteiger partial charge in [-0.1, -0.05) is 16.8 Å². The zero-order valence-corrected chi connectivity index (χ0v) is 14.2. The van der Waals surface area contributed by atoms with E-state index in [2.05, 4.69) is 45.0 Å². The lowest BCUT2D eigenvalue weighted by Crippen LogP contribution is -2.24. The van der Waals surface area contributed by atoms with Gasteiger partial charge in [-0.2, -0.15) is 4.98 Å². The molecule has 19 heavy (non-hydrogen) atoms. The van der Waals surface area contributed by atoms with Gasteiger partial charge in [-0.15, -0.1) is 12.4 Å². The highest BCUT2D eigenvalue weighted by molar-refractivity contribution is 14.1. The molecular formula is C12H14Cl2IN3O. The molecule has 0 saturated heterocycles. The molecule has 1 aromatic carbocycles. The van der Waals surface area contributed by atoms with Gasteiger partial charge in [0.2, 0.25) is 0 Å². The van der Waals surface area contributed by atoms with Crippen molar-refractivity contribution in [2.24, 2.45) is 0 Å². The Balaban J connectivity index is 0.00000180. The van der Waals surface area contributed by atoms with Crippen LogP contribution >= 0.6 is 46.6 Å². The van der Waals surface area contributed by atoms with Crippen LogP contribution in [0.1, 0.15) is 12.7 Å². The molecule has 0 radical (unpaired) electrons. The van der Waals surface area contributed by atoms with Gasteiger partial charge in [0, 0.05) is 16.0 Å². The van der Waals surface area contributed by atoms with Crippen molar-refractivity contribution in [3.8, 4) is 11.5 Å². The average Bonchev–Trinajstić information content (AvgIpc) is 2.80. The van der Waals surface area contributed by atoms with Crippen LogP contribution in [0.2, 0.25) is 5.02 Å². The third-order valence-corrected chi connectivity index (χ3v) is 3.61. The Hall–Kier alpha value is -0.370. The highest BCUT2D eigenvalue weighted by Gasteiger charge is 2.14. The van der Waals surface area contributed by atoms with Gasteiger partial charge in [0.15, 0.2) is 5.82 Å². The number of rotatable bonds is 4. The second kappa shape index (κ2) is 7.42. The number of nitrogens with one attached hydrogen (secondary N) is 1. The molecule has 0 aliphatic rings. The van der Waals surface area contributed by atoms with Crippen molar-refractivity contribution in [1.29, 1.82) is 0 Å². The Morgan fingerprint density at radius 2 is 2.21 bits per heavy atom. The minimum Gasteiger partial charge on any atom is -0.334 e. The largest absolute Gasteiger partial charge is 0.334 e. The average molecular weight is 414 g/mol. The Kier molecular flexibility index (Phi) is 6.52. The molecule has 1 atom stereocenters. The van der Waals surface area contributed by atoms with Crippen LogP contribution in [0.15, 0.2) is 22.7 Å². The Morgan fingerprint density at radius 3 is 2.89 bits per heavy atom. The van der Waals surface area contributed by atoms with Crippen LogP contribution in [0.25, 0.3) is 11.5 Å². The number of aromatic nitrogens is 2. The Morgan fingerprint density at radius 1 is 1.47 bits per heavy atom. The summed E-state index contributed by atoms with van der Waals surface area (Å²) in [4.78, 5) is 4.36. The summed E-state index contributed by atoms with van der Waals surface area (Å²) in [5.74, 6) is 1.15. The molecular weight excluding hydrogens is 400 g/mol. The van der Waals surface area contributed by atoms with Gasteiger partial charge in [0.25, 0.3) is 5.89 Å². The second-order valence-corrected chi connectivity index (χ2v) is 5.69. The van der Waals surface area contributed by atoms with Crippen molar-refractivity contribution in [3.63, 3.8) is 0 Å². The number of nitrogens with zero attached hydrogens (tertiary/aromatic N) is 2. The lowest BCUT2D eigenvalue weighted by Gasteiger charge is -2.04. The predicted molar refractivity (Wildman–Crippen MR) is 86.9 cm³/mol. The van der Waals surface area contributed by atoms with Gasteiger partial charge in [-0.3, -0.25) is 0 Å². The van der Waals surface area contributed by atoms with E-state index in [1.165, 1.54) is 0 Å². The van der Waals surface area contributed by atoms with E-state index in [-0.39, 0.29) is 12.4 Å². The van der Waals surface area contributed by atoms with Crippen molar-refractivity contribution >= 4 is 46.6 Å². The fourth-order valence-electron chi connectivity index (χ4n) is 1.48. The van der Waals surface area contributed by atoms with E-state index in [1.54, 1.807) is 0 Å². The molecule has 1 N–H and O–H groups in total. The third kappa shape index (κ3) is 4.30. The van der Waals surface area contributed by atoms with E-state index in [0.717, 1.165) is 15.6 Å². The van der Waals surface area contributed by atoms with Crippen molar-refractivity contribution in [2.75, 3.05) is 7.05 Å². The maximum absolute atomic E-state index is 6.13. The van der Waals surface area contributed by atoms with Crippen molar-refractivity contribution < 1.29 is 4.52 Å². The summed E-state index contributed by atoms with van der Waals surface area (Å²) >= 11 is 8.35. The summed E-state index contributed by atoms with van der Waals surface area (Å²) in [5, 5.41) is 7.72. The van der Waals surface area contributed by atoms with E-state index in [0.29, 0.717) is 22.8 Å². The molecule has 0 aliphatic heterocycles. The summed E-state index contributed by atoms with van der Waals surface area (Å²) in [6.45, 7) is 2.06. The van der Waals surface area contributed by atoms with Gasteiger partial charge in [-0.25, -0.2) is 0 Å². The molecule has 2 rings (SSSR count). The Bertz CT molecular complexity index is 548. The van der Waals surface area contributed by atoms with Crippen LogP contribution in [-0.2, 0) is 6.42 Å². The zero-order chi connectivity index (χ0) is 13.1. The lowest BCUT2D eigenvalue weighted by molar-refractivity contribution is 0.418. The topological polar surface area (TPSA) is 51.0 Å². The fraction of sp³-hybridized carbons (Fsp3) is 0.333. The van der Waals surface area contributed by atoms with E-state index in [4.69, 9.17) is 16.1 Å². The molecule has 1 heterocycles. The van der Waals surface area contributed by atoms with E-state index >= 15 is 0 Å². The SMILES string of the molecule is CNC(C)Cc1noc(-c2cc(I)ccc2Cl)n1.Cl. The van der Waals surface area contributed by atoms with Gasteiger partial charge in [-0.05, 0) is 54.8 Å². The standard InChI is InChI=1S/C12H13ClIN3O.ClH/c1-7(15-2)5-11-16-12(18-17-11)9-6-8(14)3-4-10(9)13;/h3-4,6-7,15H,5H2,1-2H3;1H. The quantitative estimate of drug-likeness (QED) is 0.778. The highest BCUT2D eigenvalue weighted by Crippen LogP contribution is 2.28. The van der Waals surface area contributed by atoms with Gasteiger partial charge in [0.05, 0.1) is 10.6 Å². The van der Waals surface area contributed by atoms with Crippen LogP contribution in [0, 0.1) is 3.57 Å². The number of halogens is 3. The molecule has 0 spiro atoms. The normalized spacial score (nSPS) is 12.0. The first-order valence-corrected chi connectivity index (χ1v) is 7.01. The van der Waals surface area contributed by atoms with E-state index in [9.17, 15) is 0 Å². The second-order valence-electron chi connectivity index (χ2n) is 4.03. The number of likely N-dealkylation sites (N-methyl/N-ethyl adjacent to an activating group) is 1. The minimum atomic E-state index is 0. The number of hydrogen-bond acceptors (Lipinski definition) is 4. The monoisotopic (exact) mass is 413 g/mol. The molecule has 0 bridgehead atoms. The number of benzene rings is 1. The van der Waals surface area contributed by atoms with Gasteiger partial charge >= 0.3 is 0 Å². The first-order valence-electron chi connectivity index (χ1n) is 5.55. The zero-order valence-electron chi connectivity index (χ0n) is 10.5. The molecule has 0 fully saturated rings. The van der Waals surface area contributed by atoms with Crippen LogP contribution in [-0.4, -0.2) is 23.2 Å². The van der Waals surface area contributed by atoms with Crippen molar-refractivity contribution in [2.45, 2.75) is 19.4 Å². The summed E-state index contributed by atoms with van der Waals surface area (Å²) in [6.07, 6.45) is 0.724. The number of hydrogen-bond donors (Lipinski definition) is 1. The van der Waals surface area contributed by atoms with Crippen LogP contribution < -0.4 is 5.32 Å². The summed E-state index contributed by atoms with van der Waals surface area (Å²) in [6, 6.07) is 6.01. The minimum absolute atomic E-state index is 0. The molecule has 1 aromatic heterocycles. The first-order chi connectivity index (χ1) is 8.60. The van der Waals surface area contributed by atoms with Crippen LogP contribution in [0.5, 0.6) is 0 Å². The summed E-state index contributed by atoms with van der Waals surface area (Å²) in [5.41, 5.74) is 0.777. The molecule has 0 amide bonds. The van der Waals surface area contributed by atoms with E-state index < -0.39 is 0 Å². The summed E-state index contributed by atoms with van der Waals surface area (Å²) < 4.78 is 6.33.